The SMILES string of the molecule is CCCN(C(=O)CCc1nc(-c2ccsc2)no1)C1CCNC1. The van der Waals surface area contributed by atoms with Gasteiger partial charge in [-0.3, -0.25) is 4.79 Å². The molecule has 23 heavy (non-hydrogen) atoms. The fraction of sp³-hybridized carbons (Fsp3) is 0.562. The average Bonchev–Trinajstić information content (AvgIpc) is 3.32. The third-order valence-electron chi connectivity index (χ3n) is 4.06. The standard InChI is InChI=1S/C16H22N4O2S/c1-2-8-20(13-5-7-17-10-13)15(21)4-3-14-18-16(19-22-14)12-6-9-23-11-12/h6,9,11,13,17H,2-5,7-8,10H2,1H3. The maximum atomic E-state index is 12.5. The summed E-state index contributed by atoms with van der Waals surface area (Å²) in [6.07, 6.45) is 2.93. The van der Waals surface area contributed by atoms with Gasteiger partial charge in [0, 0.05) is 42.9 Å². The van der Waals surface area contributed by atoms with Crippen LogP contribution in [0, 0.1) is 0 Å². The van der Waals surface area contributed by atoms with E-state index in [0.717, 1.165) is 38.0 Å². The van der Waals surface area contributed by atoms with Crippen LogP contribution in [0.5, 0.6) is 0 Å². The number of carbonyl (C=O) groups excluding carboxylic acids is 1. The van der Waals surface area contributed by atoms with Gasteiger partial charge in [-0.15, -0.1) is 0 Å². The van der Waals surface area contributed by atoms with Gasteiger partial charge in [-0.1, -0.05) is 12.1 Å². The molecule has 0 radical (unpaired) electrons. The van der Waals surface area contributed by atoms with E-state index in [-0.39, 0.29) is 5.91 Å². The monoisotopic (exact) mass is 334 g/mol. The summed E-state index contributed by atoms with van der Waals surface area (Å²) in [5.74, 6) is 1.30. The lowest BCUT2D eigenvalue weighted by Gasteiger charge is -2.28. The van der Waals surface area contributed by atoms with Crippen molar-refractivity contribution in [3.05, 3.63) is 22.7 Å². The van der Waals surface area contributed by atoms with E-state index in [2.05, 4.69) is 22.4 Å². The molecule has 6 nitrogen and oxygen atoms in total. The van der Waals surface area contributed by atoms with Crippen molar-refractivity contribution in [2.24, 2.45) is 0 Å². The van der Waals surface area contributed by atoms with Gasteiger partial charge in [0.1, 0.15) is 0 Å². The normalized spacial score (nSPS) is 17.5. The Morgan fingerprint density at radius 1 is 1.57 bits per heavy atom. The van der Waals surface area contributed by atoms with Crippen LogP contribution < -0.4 is 5.32 Å². The van der Waals surface area contributed by atoms with E-state index in [1.165, 1.54) is 0 Å². The van der Waals surface area contributed by atoms with Gasteiger partial charge in [0.25, 0.3) is 0 Å². The molecule has 124 valence electrons. The number of aryl methyl sites for hydroxylation is 1. The molecule has 0 bridgehead atoms. The van der Waals surface area contributed by atoms with Crippen LogP contribution in [0.3, 0.4) is 0 Å². The van der Waals surface area contributed by atoms with Crippen LogP contribution in [0.15, 0.2) is 21.3 Å². The lowest BCUT2D eigenvalue weighted by atomic mass is 10.1. The number of amides is 1. The summed E-state index contributed by atoms with van der Waals surface area (Å²) in [5.41, 5.74) is 0.959. The Bertz CT molecular complexity index is 620. The molecule has 1 amide bonds. The molecule has 1 saturated heterocycles. The van der Waals surface area contributed by atoms with Crippen LogP contribution in [0.2, 0.25) is 0 Å². The summed E-state index contributed by atoms with van der Waals surface area (Å²) in [7, 11) is 0. The Kier molecular flexibility index (Phi) is 5.40. The van der Waals surface area contributed by atoms with Crippen molar-refractivity contribution in [1.82, 2.24) is 20.4 Å². The first kappa shape index (κ1) is 16.1. The summed E-state index contributed by atoms with van der Waals surface area (Å²) >= 11 is 1.60. The number of nitrogens with one attached hydrogen (secondary N) is 1. The van der Waals surface area contributed by atoms with Crippen molar-refractivity contribution in [1.29, 1.82) is 0 Å². The summed E-state index contributed by atoms with van der Waals surface area (Å²) < 4.78 is 5.26. The quantitative estimate of drug-likeness (QED) is 0.841. The lowest BCUT2D eigenvalue weighted by Crippen LogP contribution is -2.42. The molecule has 0 aliphatic carbocycles. The van der Waals surface area contributed by atoms with Crippen molar-refractivity contribution >= 4 is 17.2 Å². The van der Waals surface area contributed by atoms with Gasteiger partial charge >= 0.3 is 0 Å². The number of aromatic nitrogens is 2. The van der Waals surface area contributed by atoms with Gasteiger partial charge in [0.05, 0.1) is 0 Å². The summed E-state index contributed by atoms with van der Waals surface area (Å²) in [6.45, 7) is 4.81. The summed E-state index contributed by atoms with van der Waals surface area (Å²) in [6, 6.07) is 2.28. The van der Waals surface area contributed by atoms with Gasteiger partial charge in [-0.25, -0.2) is 0 Å². The van der Waals surface area contributed by atoms with Gasteiger partial charge in [0.2, 0.25) is 17.6 Å². The molecule has 1 fully saturated rings. The Hall–Kier alpha value is -1.73. The molecule has 1 unspecified atom stereocenters. The van der Waals surface area contributed by atoms with E-state index in [1.807, 2.05) is 21.7 Å². The second-order valence-corrected chi connectivity index (χ2v) is 6.54. The Morgan fingerprint density at radius 2 is 2.48 bits per heavy atom. The molecule has 1 N–H and O–H groups in total. The number of carbonyl (C=O) groups is 1. The van der Waals surface area contributed by atoms with E-state index < -0.39 is 0 Å². The van der Waals surface area contributed by atoms with Gasteiger partial charge in [0.15, 0.2) is 0 Å². The maximum Gasteiger partial charge on any atom is 0.227 e. The largest absolute Gasteiger partial charge is 0.339 e. The molecule has 2 aromatic rings. The van der Waals surface area contributed by atoms with Crippen molar-refractivity contribution in [3.8, 4) is 11.4 Å². The zero-order valence-electron chi connectivity index (χ0n) is 13.3. The van der Waals surface area contributed by atoms with Crippen molar-refractivity contribution in [3.63, 3.8) is 0 Å². The van der Waals surface area contributed by atoms with E-state index in [9.17, 15) is 4.79 Å². The first-order valence-electron chi connectivity index (χ1n) is 8.13. The van der Waals surface area contributed by atoms with Crippen LogP contribution in [-0.2, 0) is 11.2 Å². The van der Waals surface area contributed by atoms with Crippen molar-refractivity contribution < 1.29 is 9.32 Å². The molecular formula is C16H22N4O2S. The molecule has 0 saturated carbocycles. The molecule has 0 spiro atoms. The van der Waals surface area contributed by atoms with E-state index in [1.54, 1.807) is 11.3 Å². The van der Waals surface area contributed by atoms with Crippen LogP contribution >= 0.6 is 11.3 Å². The third kappa shape index (κ3) is 3.97. The minimum absolute atomic E-state index is 0.177. The van der Waals surface area contributed by atoms with Crippen LogP contribution in [0.1, 0.15) is 32.1 Å². The zero-order valence-corrected chi connectivity index (χ0v) is 14.1. The number of thiophene rings is 1. The second-order valence-electron chi connectivity index (χ2n) is 5.76. The van der Waals surface area contributed by atoms with E-state index >= 15 is 0 Å². The molecule has 1 aliphatic rings. The highest BCUT2D eigenvalue weighted by Gasteiger charge is 2.25. The lowest BCUT2D eigenvalue weighted by molar-refractivity contribution is -0.133. The highest BCUT2D eigenvalue weighted by molar-refractivity contribution is 7.08. The summed E-state index contributed by atoms with van der Waals surface area (Å²) in [5, 5.41) is 11.3. The smallest absolute Gasteiger partial charge is 0.227 e. The minimum atomic E-state index is 0.177. The average molecular weight is 334 g/mol. The highest BCUT2D eigenvalue weighted by atomic mass is 32.1. The first-order valence-corrected chi connectivity index (χ1v) is 9.07. The van der Waals surface area contributed by atoms with Crippen LogP contribution in [0.25, 0.3) is 11.4 Å². The molecule has 3 heterocycles. The molecule has 2 aromatic heterocycles. The molecule has 1 aliphatic heterocycles. The molecular weight excluding hydrogens is 312 g/mol. The Morgan fingerprint density at radius 3 is 3.17 bits per heavy atom. The Balaban J connectivity index is 1.57. The topological polar surface area (TPSA) is 71.3 Å². The Labute approximate surface area is 139 Å². The van der Waals surface area contributed by atoms with Gasteiger partial charge < -0.3 is 14.7 Å². The van der Waals surface area contributed by atoms with Crippen molar-refractivity contribution in [2.75, 3.05) is 19.6 Å². The van der Waals surface area contributed by atoms with Crippen LogP contribution in [0.4, 0.5) is 0 Å². The van der Waals surface area contributed by atoms with Gasteiger partial charge in [-0.2, -0.15) is 16.3 Å². The molecule has 0 aromatic carbocycles. The number of rotatable bonds is 7. The van der Waals surface area contributed by atoms with E-state index in [0.29, 0.717) is 30.6 Å². The van der Waals surface area contributed by atoms with Crippen LogP contribution in [-0.4, -0.2) is 46.6 Å². The zero-order chi connectivity index (χ0) is 16.1. The number of hydrogen-bond acceptors (Lipinski definition) is 6. The predicted molar refractivity (Wildman–Crippen MR) is 89.2 cm³/mol. The summed E-state index contributed by atoms with van der Waals surface area (Å²) in [4.78, 5) is 18.9. The minimum Gasteiger partial charge on any atom is -0.339 e. The second kappa shape index (κ2) is 7.70. The van der Waals surface area contributed by atoms with Gasteiger partial charge in [-0.05, 0) is 30.8 Å². The molecule has 1 atom stereocenters. The fourth-order valence-corrected chi connectivity index (χ4v) is 3.51. The maximum absolute atomic E-state index is 12.5. The highest BCUT2D eigenvalue weighted by Crippen LogP contribution is 2.19. The number of nitrogens with zero attached hydrogens (tertiary/aromatic N) is 3. The fourth-order valence-electron chi connectivity index (χ4n) is 2.88. The first-order chi connectivity index (χ1) is 11.3. The molecule has 3 rings (SSSR count). The molecule has 7 heteroatoms. The van der Waals surface area contributed by atoms with E-state index in [4.69, 9.17) is 4.52 Å². The third-order valence-corrected chi connectivity index (χ3v) is 4.74. The van der Waals surface area contributed by atoms with Crippen molar-refractivity contribution in [2.45, 2.75) is 38.6 Å². The predicted octanol–water partition coefficient (Wildman–Crippen LogP) is 2.33. The number of hydrogen-bond donors (Lipinski definition) is 1.